The van der Waals surface area contributed by atoms with Crippen LogP contribution in [0.2, 0.25) is 0 Å². The summed E-state index contributed by atoms with van der Waals surface area (Å²) in [5.74, 6) is 0.115. The summed E-state index contributed by atoms with van der Waals surface area (Å²) in [6, 6.07) is 0. The summed E-state index contributed by atoms with van der Waals surface area (Å²) < 4.78 is 7.48. The maximum absolute atomic E-state index is 12.7. The van der Waals surface area contributed by atoms with Gasteiger partial charge >= 0.3 is 0 Å². The first-order chi connectivity index (χ1) is 10.6. The predicted molar refractivity (Wildman–Crippen MR) is 83.9 cm³/mol. The Morgan fingerprint density at radius 2 is 2.18 bits per heavy atom. The van der Waals surface area contributed by atoms with Crippen LogP contribution in [0.15, 0.2) is 6.20 Å². The lowest BCUT2D eigenvalue weighted by molar-refractivity contribution is 0.0704. The largest absolute Gasteiger partial charge is 0.377 e. The van der Waals surface area contributed by atoms with E-state index in [9.17, 15) is 4.79 Å². The molecule has 1 unspecified atom stereocenters. The fourth-order valence-corrected chi connectivity index (χ4v) is 3.31. The molecule has 6 nitrogen and oxygen atoms in total. The number of carbonyl (C=O) groups is 1. The smallest absolute Gasteiger partial charge is 0.257 e. The summed E-state index contributed by atoms with van der Waals surface area (Å²) in [4.78, 5) is 17.1. The van der Waals surface area contributed by atoms with Crippen molar-refractivity contribution in [1.29, 1.82) is 0 Å². The highest BCUT2D eigenvalue weighted by atomic mass is 16.5. The zero-order chi connectivity index (χ0) is 15.5. The van der Waals surface area contributed by atoms with Gasteiger partial charge in [-0.3, -0.25) is 14.4 Å². The normalized spacial score (nSPS) is 23.7. The van der Waals surface area contributed by atoms with E-state index in [1.165, 1.54) is 12.8 Å². The summed E-state index contributed by atoms with van der Waals surface area (Å²) in [7, 11) is 1.87. The molecule has 122 valence electrons. The standard InChI is InChI=1S/C16H26N4O2/c1-13-15(11-17-18(13)2)16(21)20-7-4-6-19(8-9-20)12-14-5-3-10-22-14/h11,14H,3-10,12H2,1-2H3. The third kappa shape index (κ3) is 3.33. The highest BCUT2D eigenvalue weighted by Crippen LogP contribution is 2.16. The average Bonchev–Trinajstić information content (AvgIpc) is 3.05. The molecule has 2 aliphatic heterocycles. The van der Waals surface area contributed by atoms with Gasteiger partial charge in [0.15, 0.2) is 0 Å². The lowest BCUT2D eigenvalue weighted by Gasteiger charge is -2.24. The number of aryl methyl sites for hydroxylation is 1. The number of amides is 1. The molecule has 0 radical (unpaired) electrons. The van der Waals surface area contributed by atoms with Crippen molar-refractivity contribution in [1.82, 2.24) is 19.6 Å². The highest BCUT2D eigenvalue weighted by molar-refractivity contribution is 5.95. The van der Waals surface area contributed by atoms with Crippen molar-refractivity contribution in [3.05, 3.63) is 17.5 Å². The molecule has 0 N–H and O–H groups in total. The summed E-state index contributed by atoms with van der Waals surface area (Å²) in [6.07, 6.45) is 5.46. The topological polar surface area (TPSA) is 50.6 Å². The Balaban J connectivity index is 1.57. The van der Waals surface area contributed by atoms with Crippen molar-refractivity contribution in [3.63, 3.8) is 0 Å². The number of hydrogen-bond donors (Lipinski definition) is 0. The van der Waals surface area contributed by atoms with E-state index in [1.807, 2.05) is 18.9 Å². The minimum atomic E-state index is 0.115. The molecule has 0 aliphatic carbocycles. The average molecular weight is 306 g/mol. The van der Waals surface area contributed by atoms with Crippen molar-refractivity contribution in [3.8, 4) is 0 Å². The maximum Gasteiger partial charge on any atom is 0.257 e. The lowest BCUT2D eigenvalue weighted by atomic mass is 10.2. The highest BCUT2D eigenvalue weighted by Gasteiger charge is 2.25. The van der Waals surface area contributed by atoms with Crippen molar-refractivity contribution >= 4 is 5.91 Å². The van der Waals surface area contributed by atoms with Gasteiger partial charge in [-0.25, -0.2) is 0 Å². The van der Waals surface area contributed by atoms with Gasteiger partial charge in [-0.15, -0.1) is 0 Å². The van der Waals surface area contributed by atoms with Crippen molar-refractivity contribution in [2.45, 2.75) is 32.3 Å². The second kappa shape index (κ2) is 6.79. The maximum atomic E-state index is 12.7. The van der Waals surface area contributed by atoms with Gasteiger partial charge in [0.05, 0.1) is 17.9 Å². The molecule has 6 heteroatoms. The van der Waals surface area contributed by atoms with Gasteiger partial charge < -0.3 is 9.64 Å². The minimum Gasteiger partial charge on any atom is -0.377 e. The van der Waals surface area contributed by atoms with Crippen LogP contribution < -0.4 is 0 Å². The predicted octanol–water partition coefficient (Wildman–Crippen LogP) is 1.06. The van der Waals surface area contributed by atoms with Crippen molar-refractivity contribution in [2.24, 2.45) is 7.05 Å². The number of hydrogen-bond acceptors (Lipinski definition) is 4. The van der Waals surface area contributed by atoms with E-state index < -0.39 is 0 Å². The molecule has 2 saturated heterocycles. The lowest BCUT2D eigenvalue weighted by Crippen LogP contribution is -2.37. The Labute approximate surface area is 132 Å². The molecule has 3 rings (SSSR count). The molecule has 1 aromatic heterocycles. The van der Waals surface area contributed by atoms with Gasteiger partial charge in [-0.05, 0) is 32.7 Å². The fraction of sp³-hybridized carbons (Fsp3) is 0.750. The quantitative estimate of drug-likeness (QED) is 0.838. The molecule has 1 aromatic rings. The number of ether oxygens (including phenoxy) is 1. The van der Waals surface area contributed by atoms with Crippen molar-refractivity contribution in [2.75, 3.05) is 39.3 Å². The minimum absolute atomic E-state index is 0.115. The summed E-state index contributed by atoms with van der Waals surface area (Å²) in [6.45, 7) is 7.47. The van der Waals surface area contributed by atoms with Crippen LogP contribution in [0, 0.1) is 6.92 Å². The summed E-state index contributed by atoms with van der Waals surface area (Å²) in [5, 5.41) is 4.18. The van der Waals surface area contributed by atoms with E-state index in [2.05, 4.69) is 10.00 Å². The number of aromatic nitrogens is 2. The second-order valence-corrected chi connectivity index (χ2v) is 6.35. The summed E-state index contributed by atoms with van der Waals surface area (Å²) >= 11 is 0. The van der Waals surface area contributed by atoms with Crippen molar-refractivity contribution < 1.29 is 9.53 Å². The SMILES string of the molecule is Cc1c(C(=O)N2CCCN(CC3CCCO3)CC2)cnn1C. The van der Waals surface area contributed by atoms with E-state index >= 15 is 0 Å². The third-order valence-corrected chi connectivity index (χ3v) is 4.83. The summed E-state index contributed by atoms with van der Waals surface area (Å²) in [5.41, 5.74) is 1.67. The second-order valence-electron chi connectivity index (χ2n) is 6.35. The first-order valence-corrected chi connectivity index (χ1v) is 8.27. The third-order valence-electron chi connectivity index (χ3n) is 4.83. The van der Waals surface area contributed by atoms with Gasteiger partial charge in [0.1, 0.15) is 0 Å². The van der Waals surface area contributed by atoms with Crippen LogP contribution in [-0.2, 0) is 11.8 Å². The molecule has 1 atom stereocenters. The van der Waals surface area contributed by atoms with Gasteiger partial charge in [0.2, 0.25) is 0 Å². The molecular formula is C16H26N4O2. The van der Waals surface area contributed by atoms with E-state index in [-0.39, 0.29) is 5.91 Å². The van der Waals surface area contributed by atoms with Crippen LogP contribution in [0.25, 0.3) is 0 Å². The van der Waals surface area contributed by atoms with Crippen LogP contribution >= 0.6 is 0 Å². The van der Waals surface area contributed by atoms with Crippen LogP contribution in [0.5, 0.6) is 0 Å². The van der Waals surface area contributed by atoms with E-state index in [0.29, 0.717) is 6.10 Å². The van der Waals surface area contributed by atoms with Gasteiger partial charge in [0.25, 0.3) is 5.91 Å². The Hall–Kier alpha value is -1.40. The Bertz CT molecular complexity index is 522. The zero-order valence-electron chi connectivity index (χ0n) is 13.6. The molecule has 2 fully saturated rings. The van der Waals surface area contributed by atoms with Crippen LogP contribution in [0.3, 0.4) is 0 Å². The van der Waals surface area contributed by atoms with Gasteiger partial charge in [-0.2, -0.15) is 5.10 Å². The van der Waals surface area contributed by atoms with Gasteiger partial charge in [0, 0.05) is 45.5 Å². The van der Waals surface area contributed by atoms with E-state index in [0.717, 1.165) is 57.0 Å². The molecule has 1 amide bonds. The number of nitrogens with zero attached hydrogens (tertiary/aromatic N) is 4. The number of carbonyl (C=O) groups excluding carboxylic acids is 1. The zero-order valence-corrected chi connectivity index (χ0v) is 13.6. The fourth-order valence-electron chi connectivity index (χ4n) is 3.31. The van der Waals surface area contributed by atoms with Crippen LogP contribution in [0.4, 0.5) is 0 Å². The molecule has 0 bridgehead atoms. The molecule has 2 aliphatic rings. The first-order valence-electron chi connectivity index (χ1n) is 8.27. The Morgan fingerprint density at radius 3 is 2.86 bits per heavy atom. The Morgan fingerprint density at radius 1 is 1.32 bits per heavy atom. The molecule has 22 heavy (non-hydrogen) atoms. The van der Waals surface area contributed by atoms with Crippen LogP contribution in [0.1, 0.15) is 35.3 Å². The molecule has 0 saturated carbocycles. The molecule has 0 spiro atoms. The number of rotatable bonds is 3. The first kappa shape index (κ1) is 15.5. The molecule has 3 heterocycles. The Kier molecular flexibility index (Phi) is 4.78. The van der Waals surface area contributed by atoms with E-state index in [4.69, 9.17) is 4.74 Å². The monoisotopic (exact) mass is 306 g/mol. The molecule has 0 aromatic carbocycles. The molecular weight excluding hydrogens is 280 g/mol. The van der Waals surface area contributed by atoms with Gasteiger partial charge in [-0.1, -0.05) is 0 Å². The van der Waals surface area contributed by atoms with E-state index in [1.54, 1.807) is 10.9 Å². The van der Waals surface area contributed by atoms with Crippen LogP contribution in [-0.4, -0.2) is 70.9 Å².